The number of fused-ring (bicyclic) bond motifs is 5. The normalized spacial score (nSPS) is 52.9. The average molecular weight is 236 g/mol. The third-order valence-electron chi connectivity index (χ3n) is 5.79. The predicted molar refractivity (Wildman–Crippen MR) is 66.0 cm³/mol. The SMILES string of the molecule is C[C@]12C(C(=O)O)[C@@]1([Si](C)(C)C)[C@H]1C=C[C@@H]2C1. The lowest BCUT2D eigenvalue weighted by atomic mass is 9.90. The molecule has 3 heteroatoms. The van der Waals surface area contributed by atoms with Crippen LogP contribution in [0.15, 0.2) is 12.2 Å². The molecule has 1 N–H and O–H groups in total. The molecule has 2 bridgehead atoms. The quantitative estimate of drug-likeness (QED) is 0.591. The van der Waals surface area contributed by atoms with Crippen LogP contribution < -0.4 is 0 Å². The summed E-state index contributed by atoms with van der Waals surface area (Å²) in [5, 5.41) is 9.65. The molecule has 0 aliphatic heterocycles. The Hall–Kier alpha value is -0.573. The molecule has 0 radical (unpaired) electrons. The first-order chi connectivity index (χ1) is 7.28. The van der Waals surface area contributed by atoms with Gasteiger partial charge in [-0.15, -0.1) is 0 Å². The highest BCUT2D eigenvalue weighted by Crippen LogP contribution is 2.91. The molecule has 0 aromatic carbocycles. The lowest BCUT2D eigenvalue weighted by molar-refractivity contribution is -0.140. The van der Waals surface area contributed by atoms with Crippen molar-refractivity contribution in [2.24, 2.45) is 23.2 Å². The van der Waals surface area contributed by atoms with Crippen LogP contribution in [-0.2, 0) is 4.79 Å². The molecular formula is C13H20O2Si. The highest BCUT2D eigenvalue weighted by molar-refractivity contribution is 6.81. The standard InChI is InChI=1S/C13H20O2Si/c1-12-8-5-6-9(7-8)13(12,16(2,3)4)10(12)11(14)15/h5-6,8-10H,7H2,1-4H3,(H,14,15)/t8-,9+,10?,12+,13+/m1/s1. The van der Waals surface area contributed by atoms with Gasteiger partial charge >= 0.3 is 5.97 Å². The second-order valence-corrected chi connectivity index (χ2v) is 12.3. The first-order valence-electron chi connectivity index (χ1n) is 6.19. The predicted octanol–water partition coefficient (Wildman–Crippen LogP) is 2.99. The van der Waals surface area contributed by atoms with Crippen molar-refractivity contribution in [2.45, 2.75) is 38.0 Å². The lowest BCUT2D eigenvalue weighted by Gasteiger charge is -2.35. The van der Waals surface area contributed by atoms with Crippen molar-refractivity contribution >= 4 is 14.0 Å². The van der Waals surface area contributed by atoms with Gasteiger partial charge in [0, 0.05) is 0 Å². The number of allylic oxidation sites excluding steroid dienone is 2. The Labute approximate surface area is 97.7 Å². The molecule has 0 saturated heterocycles. The lowest BCUT2D eigenvalue weighted by Crippen LogP contribution is -2.37. The molecule has 3 aliphatic carbocycles. The highest BCUT2D eigenvalue weighted by Gasteiger charge is 2.88. The van der Waals surface area contributed by atoms with Crippen LogP contribution in [0.25, 0.3) is 0 Å². The molecule has 2 nitrogen and oxygen atoms in total. The average Bonchev–Trinajstić information content (AvgIpc) is 2.47. The molecule has 1 unspecified atom stereocenters. The van der Waals surface area contributed by atoms with E-state index < -0.39 is 14.0 Å². The fourth-order valence-electron chi connectivity index (χ4n) is 5.53. The smallest absolute Gasteiger partial charge is 0.307 e. The zero-order valence-corrected chi connectivity index (χ0v) is 11.4. The summed E-state index contributed by atoms with van der Waals surface area (Å²) in [6.07, 6.45) is 5.81. The molecule has 88 valence electrons. The van der Waals surface area contributed by atoms with E-state index >= 15 is 0 Å². The Balaban J connectivity index is 2.15. The Kier molecular flexibility index (Phi) is 1.63. The van der Waals surface area contributed by atoms with Crippen LogP contribution in [-0.4, -0.2) is 19.1 Å². The van der Waals surface area contributed by atoms with Crippen LogP contribution in [0, 0.1) is 23.2 Å². The van der Waals surface area contributed by atoms with Gasteiger partial charge in [-0.3, -0.25) is 4.79 Å². The van der Waals surface area contributed by atoms with E-state index in [0.717, 1.165) is 0 Å². The summed E-state index contributed by atoms with van der Waals surface area (Å²) in [5.41, 5.74) is 0.0721. The van der Waals surface area contributed by atoms with Gasteiger partial charge < -0.3 is 5.11 Å². The first kappa shape index (κ1) is 10.6. The van der Waals surface area contributed by atoms with Crippen LogP contribution in [0.5, 0.6) is 0 Å². The summed E-state index contributed by atoms with van der Waals surface area (Å²) in [6.45, 7) is 9.28. The minimum Gasteiger partial charge on any atom is -0.481 e. The van der Waals surface area contributed by atoms with Gasteiger partial charge in [0.05, 0.1) is 14.0 Å². The van der Waals surface area contributed by atoms with Gasteiger partial charge in [-0.2, -0.15) is 0 Å². The number of carboxylic acid groups (broad SMARTS) is 1. The van der Waals surface area contributed by atoms with Gasteiger partial charge in [-0.05, 0) is 28.7 Å². The number of rotatable bonds is 2. The van der Waals surface area contributed by atoms with Gasteiger partial charge in [0.15, 0.2) is 0 Å². The van der Waals surface area contributed by atoms with Crippen molar-refractivity contribution in [2.75, 3.05) is 0 Å². The summed E-state index contributed by atoms with van der Waals surface area (Å²) < 4.78 is 0. The zero-order chi connectivity index (χ0) is 11.9. The van der Waals surface area contributed by atoms with Crippen LogP contribution in [0.3, 0.4) is 0 Å². The summed E-state index contributed by atoms with van der Waals surface area (Å²) >= 11 is 0. The van der Waals surface area contributed by atoms with Gasteiger partial charge in [0.25, 0.3) is 0 Å². The molecule has 16 heavy (non-hydrogen) atoms. The maximum absolute atomic E-state index is 11.5. The van der Waals surface area contributed by atoms with Crippen molar-refractivity contribution < 1.29 is 9.90 Å². The van der Waals surface area contributed by atoms with Crippen molar-refractivity contribution in [3.8, 4) is 0 Å². The van der Waals surface area contributed by atoms with Gasteiger partial charge in [-0.1, -0.05) is 38.7 Å². The Morgan fingerprint density at radius 1 is 1.31 bits per heavy atom. The van der Waals surface area contributed by atoms with Crippen molar-refractivity contribution in [3.63, 3.8) is 0 Å². The second-order valence-electron chi connectivity index (χ2n) is 7.01. The minimum atomic E-state index is -1.46. The summed E-state index contributed by atoms with van der Waals surface area (Å²) in [6, 6.07) is 0. The molecule has 5 atom stereocenters. The molecule has 3 rings (SSSR count). The van der Waals surface area contributed by atoms with Gasteiger partial charge in [-0.25, -0.2) is 0 Å². The van der Waals surface area contributed by atoms with Gasteiger partial charge in [0.1, 0.15) is 0 Å². The van der Waals surface area contributed by atoms with Crippen LogP contribution >= 0.6 is 0 Å². The summed E-state index contributed by atoms with van der Waals surface area (Å²) in [4.78, 5) is 11.5. The van der Waals surface area contributed by atoms with Crippen molar-refractivity contribution in [1.82, 2.24) is 0 Å². The zero-order valence-electron chi connectivity index (χ0n) is 10.4. The fourth-order valence-corrected chi connectivity index (χ4v) is 10.0. The maximum Gasteiger partial charge on any atom is 0.307 e. The van der Waals surface area contributed by atoms with Crippen LogP contribution in [0.1, 0.15) is 13.3 Å². The molecule has 0 aromatic heterocycles. The first-order valence-corrected chi connectivity index (χ1v) is 9.69. The van der Waals surface area contributed by atoms with Crippen LogP contribution in [0.2, 0.25) is 24.7 Å². The van der Waals surface area contributed by atoms with E-state index in [0.29, 0.717) is 11.8 Å². The highest BCUT2D eigenvalue weighted by atomic mass is 28.3. The number of hydrogen-bond donors (Lipinski definition) is 1. The monoisotopic (exact) mass is 236 g/mol. The summed E-state index contributed by atoms with van der Waals surface area (Å²) in [7, 11) is -1.46. The molecule has 0 amide bonds. The van der Waals surface area contributed by atoms with Crippen molar-refractivity contribution in [3.05, 3.63) is 12.2 Å². The Morgan fingerprint density at radius 2 is 1.88 bits per heavy atom. The molecule has 0 heterocycles. The molecular weight excluding hydrogens is 216 g/mol. The number of aliphatic carboxylic acids is 1. The van der Waals surface area contributed by atoms with E-state index in [1.54, 1.807) is 0 Å². The molecule has 2 saturated carbocycles. The van der Waals surface area contributed by atoms with E-state index in [1.165, 1.54) is 6.42 Å². The third kappa shape index (κ3) is 0.754. The van der Waals surface area contributed by atoms with E-state index in [1.807, 2.05) is 0 Å². The second kappa shape index (κ2) is 2.47. The van der Waals surface area contributed by atoms with Crippen molar-refractivity contribution in [1.29, 1.82) is 0 Å². The topological polar surface area (TPSA) is 37.3 Å². The van der Waals surface area contributed by atoms with E-state index in [-0.39, 0.29) is 16.4 Å². The van der Waals surface area contributed by atoms with E-state index in [9.17, 15) is 9.90 Å². The summed E-state index contributed by atoms with van der Waals surface area (Å²) in [5.74, 6) is 0.453. The number of carboxylic acids is 1. The van der Waals surface area contributed by atoms with Crippen LogP contribution in [0.4, 0.5) is 0 Å². The maximum atomic E-state index is 11.5. The Morgan fingerprint density at radius 3 is 2.31 bits per heavy atom. The molecule has 0 spiro atoms. The van der Waals surface area contributed by atoms with E-state index in [2.05, 4.69) is 38.7 Å². The van der Waals surface area contributed by atoms with Gasteiger partial charge in [0.2, 0.25) is 0 Å². The number of hydrogen-bond acceptors (Lipinski definition) is 1. The van der Waals surface area contributed by atoms with E-state index in [4.69, 9.17) is 0 Å². The largest absolute Gasteiger partial charge is 0.481 e. The molecule has 2 fully saturated rings. The molecule has 3 aliphatic rings. The minimum absolute atomic E-state index is 0.0721. The number of carbonyl (C=O) groups is 1. The fraction of sp³-hybridized carbons (Fsp3) is 0.769. The Bertz CT molecular complexity index is 409. The third-order valence-corrected chi connectivity index (χ3v) is 9.47. The molecule has 0 aromatic rings.